The van der Waals surface area contributed by atoms with Crippen LogP contribution in [0.2, 0.25) is 0 Å². The third-order valence-electron chi connectivity index (χ3n) is 2.79. The number of ether oxygens (including phenoxy) is 1. The van der Waals surface area contributed by atoms with Crippen LogP contribution in [0.5, 0.6) is 0 Å². The Morgan fingerprint density at radius 3 is 2.25 bits per heavy atom. The topological polar surface area (TPSA) is 58.6 Å². The molecule has 16 heavy (non-hydrogen) atoms. The predicted molar refractivity (Wildman–Crippen MR) is 60.1 cm³/mol. The number of hydrogen-bond donors (Lipinski definition) is 1. The highest BCUT2D eigenvalue weighted by Gasteiger charge is 2.20. The van der Waals surface area contributed by atoms with Gasteiger partial charge in [0.1, 0.15) is 6.04 Å². The van der Waals surface area contributed by atoms with Crippen molar-refractivity contribution < 1.29 is 14.3 Å². The van der Waals surface area contributed by atoms with Crippen LogP contribution in [0.15, 0.2) is 0 Å². The number of likely N-dealkylation sites (tertiary alicyclic amines) is 1. The maximum Gasteiger partial charge on any atom is 0.328 e. The number of esters is 1. The van der Waals surface area contributed by atoms with E-state index in [9.17, 15) is 9.59 Å². The standard InChI is InChI=1S/C11H20N2O3/c1-9(10(14)16-2)12-11(15)13-7-5-3-4-6-8-13/h9H,3-8H2,1-2H3,(H,12,15)/t9-/m0/s1. The van der Waals surface area contributed by atoms with Crippen LogP contribution in [-0.2, 0) is 9.53 Å². The zero-order valence-corrected chi connectivity index (χ0v) is 9.99. The highest BCUT2D eigenvalue weighted by molar-refractivity contribution is 5.83. The van der Waals surface area contributed by atoms with Gasteiger partial charge in [0.05, 0.1) is 7.11 Å². The molecule has 1 N–H and O–H groups in total. The summed E-state index contributed by atoms with van der Waals surface area (Å²) in [5.41, 5.74) is 0. The molecule has 92 valence electrons. The van der Waals surface area contributed by atoms with E-state index in [1.807, 2.05) is 0 Å². The van der Waals surface area contributed by atoms with Crippen molar-refractivity contribution in [1.82, 2.24) is 10.2 Å². The van der Waals surface area contributed by atoms with E-state index in [1.54, 1.807) is 11.8 Å². The summed E-state index contributed by atoms with van der Waals surface area (Å²) in [6.45, 7) is 3.18. The number of rotatable bonds is 2. The van der Waals surface area contributed by atoms with Gasteiger partial charge in [-0.2, -0.15) is 0 Å². The zero-order valence-electron chi connectivity index (χ0n) is 9.99. The normalized spacial score (nSPS) is 18.5. The molecule has 1 atom stereocenters. The molecule has 1 aliphatic rings. The molecule has 0 bridgehead atoms. The van der Waals surface area contributed by atoms with Gasteiger partial charge in [0, 0.05) is 13.1 Å². The summed E-state index contributed by atoms with van der Waals surface area (Å²) < 4.78 is 4.55. The Hall–Kier alpha value is -1.26. The number of carbonyl (C=O) groups excluding carboxylic acids is 2. The first kappa shape index (κ1) is 12.8. The van der Waals surface area contributed by atoms with Crippen molar-refractivity contribution in [2.75, 3.05) is 20.2 Å². The largest absolute Gasteiger partial charge is 0.467 e. The van der Waals surface area contributed by atoms with Gasteiger partial charge in [-0.1, -0.05) is 12.8 Å². The molecule has 0 radical (unpaired) electrons. The molecule has 1 saturated heterocycles. The molecule has 0 spiro atoms. The van der Waals surface area contributed by atoms with Gasteiger partial charge in [-0.15, -0.1) is 0 Å². The van der Waals surface area contributed by atoms with Crippen LogP contribution in [0.25, 0.3) is 0 Å². The summed E-state index contributed by atoms with van der Waals surface area (Å²) in [7, 11) is 1.32. The SMILES string of the molecule is COC(=O)[C@H](C)NC(=O)N1CCCCCC1. The van der Waals surface area contributed by atoms with E-state index >= 15 is 0 Å². The van der Waals surface area contributed by atoms with E-state index < -0.39 is 12.0 Å². The van der Waals surface area contributed by atoms with Crippen molar-refractivity contribution in [3.63, 3.8) is 0 Å². The monoisotopic (exact) mass is 228 g/mol. The molecule has 0 saturated carbocycles. The van der Waals surface area contributed by atoms with Crippen molar-refractivity contribution >= 4 is 12.0 Å². The van der Waals surface area contributed by atoms with Gasteiger partial charge in [-0.25, -0.2) is 9.59 Å². The van der Waals surface area contributed by atoms with Gasteiger partial charge < -0.3 is 15.0 Å². The van der Waals surface area contributed by atoms with Gasteiger partial charge >= 0.3 is 12.0 Å². The van der Waals surface area contributed by atoms with Crippen LogP contribution >= 0.6 is 0 Å². The maximum absolute atomic E-state index is 11.8. The number of carbonyl (C=O) groups is 2. The minimum Gasteiger partial charge on any atom is -0.467 e. The number of methoxy groups -OCH3 is 1. The Labute approximate surface area is 96.1 Å². The van der Waals surface area contributed by atoms with Gasteiger partial charge in [0.2, 0.25) is 0 Å². The fourth-order valence-corrected chi connectivity index (χ4v) is 1.79. The van der Waals surface area contributed by atoms with E-state index in [1.165, 1.54) is 20.0 Å². The molecule has 2 amide bonds. The molecular weight excluding hydrogens is 208 g/mol. The molecule has 0 unspecified atom stereocenters. The second kappa shape index (κ2) is 6.35. The lowest BCUT2D eigenvalue weighted by Gasteiger charge is -2.22. The summed E-state index contributed by atoms with van der Waals surface area (Å²) in [5, 5.41) is 2.64. The van der Waals surface area contributed by atoms with E-state index in [0.29, 0.717) is 0 Å². The molecule has 0 aliphatic carbocycles. The van der Waals surface area contributed by atoms with Crippen LogP contribution in [0.1, 0.15) is 32.6 Å². The zero-order chi connectivity index (χ0) is 12.0. The fourth-order valence-electron chi connectivity index (χ4n) is 1.79. The highest BCUT2D eigenvalue weighted by Crippen LogP contribution is 2.09. The average molecular weight is 228 g/mol. The Morgan fingerprint density at radius 1 is 1.19 bits per heavy atom. The second-order valence-corrected chi connectivity index (χ2v) is 4.10. The molecule has 1 aliphatic heterocycles. The van der Waals surface area contributed by atoms with E-state index in [0.717, 1.165) is 25.9 Å². The average Bonchev–Trinajstić information content (AvgIpc) is 2.56. The molecule has 5 nitrogen and oxygen atoms in total. The molecule has 0 aromatic heterocycles. The summed E-state index contributed by atoms with van der Waals surface area (Å²) in [6.07, 6.45) is 4.44. The molecule has 1 rings (SSSR count). The van der Waals surface area contributed by atoms with Gasteiger partial charge in [-0.05, 0) is 19.8 Å². The summed E-state index contributed by atoms with van der Waals surface area (Å²) in [6, 6.07) is -0.749. The van der Waals surface area contributed by atoms with Gasteiger partial charge in [0.15, 0.2) is 0 Å². The molecule has 5 heteroatoms. The minimum atomic E-state index is -0.583. The van der Waals surface area contributed by atoms with Crippen LogP contribution < -0.4 is 5.32 Å². The third-order valence-corrected chi connectivity index (χ3v) is 2.79. The summed E-state index contributed by atoms with van der Waals surface area (Å²) in [4.78, 5) is 24.7. The van der Waals surface area contributed by atoms with Crippen molar-refractivity contribution in [2.45, 2.75) is 38.6 Å². The molecule has 0 aromatic carbocycles. The van der Waals surface area contributed by atoms with Crippen molar-refractivity contribution in [3.05, 3.63) is 0 Å². The lowest BCUT2D eigenvalue weighted by Crippen LogP contribution is -2.47. The minimum absolute atomic E-state index is 0.167. The molecule has 1 fully saturated rings. The van der Waals surface area contributed by atoms with Crippen molar-refractivity contribution in [2.24, 2.45) is 0 Å². The first-order valence-corrected chi connectivity index (χ1v) is 5.78. The van der Waals surface area contributed by atoms with Gasteiger partial charge in [0.25, 0.3) is 0 Å². The number of amides is 2. The fraction of sp³-hybridized carbons (Fsp3) is 0.818. The third kappa shape index (κ3) is 3.72. The number of nitrogens with one attached hydrogen (secondary N) is 1. The Balaban J connectivity index is 2.41. The number of hydrogen-bond acceptors (Lipinski definition) is 3. The van der Waals surface area contributed by atoms with Gasteiger partial charge in [-0.3, -0.25) is 0 Å². The predicted octanol–water partition coefficient (Wildman–Crippen LogP) is 1.13. The Bertz CT molecular complexity index is 248. The molecule has 1 heterocycles. The van der Waals surface area contributed by atoms with Crippen molar-refractivity contribution in [1.29, 1.82) is 0 Å². The number of nitrogens with zero attached hydrogens (tertiary/aromatic N) is 1. The first-order chi connectivity index (χ1) is 7.65. The maximum atomic E-state index is 11.8. The van der Waals surface area contributed by atoms with Crippen LogP contribution in [0.4, 0.5) is 4.79 Å². The van der Waals surface area contributed by atoms with E-state index in [-0.39, 0.29) is 6.03 Å². The smallest absolute Gasteiger partial charge is 0.328 e. The summed E-state index contributed by atoms with van der Waals surface area (Å²) >= 11 is 0. The van der Waals surface area contributed by atoms with E-state index in [4.69, 9.17) is 0 Å². The van der Waals surface area contributed by atoms with E-state index in [2.05, 4.69) is 10.1 Å². The highest BCUT2D eigenvalue weighted by atomic mass is 16.5. The quantitative estimate of drug-likeness (QED) is 0.721. The lowest BCUT2D eigenvalue weighted by molar-refractivity contribution is -0.142. The van der Waals surface area contributed by atoms with Crippen LogP contribution in [-0.4, -0.2) is 43.1 Å². The summed E-state index contributed by atoms with van der Waals surface area (Å²) in [5.74, 6) is -0.414. The lowest BCUT2D eigenvalue weighted by atomic mass is 10.2. The van der Waals surface area contributed by atoms with Crippen LogP contribution in [0, 0.1) is 0 Å². The Kier molecular flexibility index (Phi) is 5.08. The molecular formula is C11H20N2O3. The van der Waals surface area contributed by atoms with Crippen molar-refractivity contribution in [3.8, 4) is 0 Å². The Morgan fingerprint density at radius 2 is 1.75 bits per heavy atom. The van der Waals surface area contributed by atoms with Crippen LogP contribution in [0.3, 0.4) is 0 Å². The molecule has 0 aromatic rings. The number of urea groups is 1. The second-order valence-electron chi connectivity index (χ2n) is 4.10. The first-order valence-electron chi connectivity index (χ1n) is 5.78.